The number of carboxylic acids is 1. The van der Waals surface area contributed by atoms with Crippen LogP contribution in [0.2, 0.25) is 0 Å². The summed E-state index contributed by atoms with van der Waals surface area (Å²) in [5.41, 5.74) is -0.136. The highest BCUT2D eigenvalue weighted by molar-refractivity contribution is 7.08. The van der Waals surface area contributed by atoms with Crippen molar-refractivity contribution < 1.29 is 19.1 Å². The fourth-order valence-corrected chi connectivity index (χ4v) is 2.19. The number of hydrogen-bond donors (Lipinski definition) is 2. The summed E-state index contributed by atoms with van der Waals surface area (Å²) in [5.74, 6) is -0.382. The molecule has 2 aromatic heterocycles. The third-order valence-electron chi connectivity index (χ3n) is 3.11. The number of amides is 1. The van der Waals surface area contributed by atoms with Gasteiger partial charge in [0.15, 0.2) is 0 Å². The lowest BCUT2D eigenvalue weighted by molar-refractivity contribution is -0.146. The lowest BCUT2D eigenvalue weighted by Crippen LogP contribution is -2.38. The molecule has 2 aromatic rings. The molecule has 0 aliphatic heterocycles. The first-order valence-corrected chi connectivity index (χ1v) is 7.68. The van der Waals surface area contributed by atoms with Gasteiger partial charge in [0.25, 0.3) is 0 Å². The molecule has 0 aliphatic rings. The van der Waals surface area contributed by atoms with E-state index in [0.29, 0.717) is 18.2 Å². The molecular formula is C14H17N3O4S. The van der Waals surface area contributed by atoms with Gasteiger partial charge in [0, 0.05) is 30.3 Å². The molecule has 0 spiro atoms. The molecule has 0 aliphatic carbocycles. The van der Waals surface area contributed by atoms with Crippen molar-refractivity contribution in [2.45, 2.75) is 26.7 Å². The first-order chi connectivity index (χ1) is 10.4. The Morgan fingerprint density at radius 3 is 2.82 bits per heavy atom. The molecule has 0 radical (unpaired) electrons. The number of aryl methyl sites for hydroxylation is 1. The standard InChI is InChI=1S/C14H17N3O4S/c1-14(2,13(19)20)8-15-10(18)3-4-11-16-17-12(21-11)9-5-6-22-7-9/h5-7H,3-4,8H2,1-2H3,(H,15,18)(H,19,20). The average molecular weight is 323 g/mol. The highest BCUT2D eigenvalue weighted by Gasteiger charge is 2.27. The van der Waals surface area contributed by atoms with Gasteiger partial charge in [-0.25, -0.2) is 0 Å². The lowest BCUT2D eigenvalue weighted by atomic mass is 9.94. The van der Waals surface area contributed by atoms with Crippen LogP contribution in [-0.4, -0.2) is 33.7 Å². The zero-order valence-corrected chi connectivity index (χ0v) is 13.1. The van der Waals surface area contributed by atoms with Crippen LogP contribution >= 0.6 is 11.3 Å². The van der Waals surface area contributed by atoms with Gasteiger partial charge in [-0.05, 0) is 25.3 Å². The summed E-state index contributed by atoms with van der Waals surface area (Å²) >= 11 is 1.53. The van der Waals surface area contributed by atoms with Gasteiger partial charge in [0.05, 0.1) is 5.41 Å². The Morgan fingerprint density at radius 1 is 1.41 bits per heavy atom. The number of carbonyl (C=O) groups is 2. The van der Waals surface area contributed by atoms with Crippen molar-refractivity contribution in [1.82, 2.24) is 15.5 Å². The molecule has 7 nitrogen and oxygen atoms in total. The summed E-state index contributed by atoms with van der Waals surface area (Å²) in [7, 11) is 0. The van der Waals surface area contributed by atoms with Crippen LogP contribution in [0.5, 0.6) is 0 Å². The van der Waals surface area contributed by atoms with Crippen molar-refractivity contribution >= 4 is 23.2 Å². The summed E-state index contributed by atoms with van der Waals surface area (Å²) in [6.07, 6.45) is 0.484. The number of aliphatic carboxylic acids is 1. The molecule has 0 bridgehead atoms. The number of carboxylic acid groups (broad SMARTS) is 1. The van der Waals surface area contributed by atoms with Crippen LogP contribution in [-0.2, 0) is 16.0 Å². The largest absolute Gasteiger partial charge is 0.481 e. The van der Waals surface area contributed by atoms with Crippen LogP contribution in [0.3, 0.4) is 0 Å². The third kappa shape index (κ3) is 4.14. The van der Waals surface area contributed by atoms with E-state index in [9.17, 15) is 9.59 Å². The summed E-state index contributed by atoms with van der Waals surface area (Å²) in [6, 6.07) is 1.88. The minimum atomic E-state index is -0.994. The molecule has 0 aromatic carbocycles. The topological polar surface area (TPSA) is 105 Å². The van der Waals surface area contributed by atoms with E-state index in [0.717, 1.165) is 5.56 Å². The van der Waals surface area contributed by atoms with Crippen LogP contribution in [0.1, 0.15) is 26.2 Å². The van der Waals surface area contributed by atoms with E-state index in [1.54, 1.807) is 13.8 Å². The SMILES string of the molecule is CC(C)(CNC(=O)CCc1nnc(-c2ccsc2)o1)C(=O)O. The maximum atomic E-state index is 11.7. The van der Waals surface area contributed by atoms with Gasteiger partial charge in [-0.3, -0.25) is 9.59 Å². The highest BCUT2D eigenvalue weighted by atomic mass is 32.1. The molecule has 0 unspecified atom stereocenters. The molecule has 22 heavy (non-hydrogen) atoms. The first-order valence-electron chi connectivity index (χ1n) is 6.73. The molecule has 0 saturated heterocycles. The smallest absolute Gasteiger partial charge is 0.310 e. The predicted octanol–water partition coefficient (Wildman–Crippen LogP) is 1.96. The number of thiophene rings is 1. The fraction of sp³-hybridized carbons (Fsp3) is 0.429. The average Bonchev–Trinajstić information content (AvgIpc) is 3.13. The van der Waals surface area contributed by atoms with Gasteiger partial charge >= 0.3 is 5.97 Å². The molecular weight excluding hydrogens is 306 g/mol. The number of nitrogens with one attached hydrogen (secondary N) is 1. The normalized spacial score (nSPS) is 11.4. The van der Waals surface area contributed by atoms with Crippen molar-refractivity contribution in [3.05, 3.63) is 22.7 Å². The van der Waals surface area contributed by atoms with Crippen molar-refractivity contribution in [3.63, 3.8) is 0 Å². The number of rotatable bonds is 7. The second-order valence-electron chi connectivity index (χ2n) is 5.48. The second kappa shape index (κ2) is 6.69. The van der Waals surface area contributed by atoms with Gasteiger partial charge in [-0.1, -0.05) is 0 Å². The number of aromatic nitrogens is 2. The lowest BCUT2D eigenvalue weighted by Gasteiger charge is -2.19. The minimum absolute atomic E-state index is 0.0746. The first kappa shape index (κ1) is 16.2. The van der Waals surface area contributed by atoms with E-state index in [-0.39, 0.29) is 18.9 Å². The van der Waals surface area contributed by atoms with Crippen LogP contribution in [0.25, 0.3) is 11.5 Å². The molecule has 0 saturated carbocycles. The van der Waals surface area contributed by atoms with E-state index in [2.05, 4.69) is 15.5 Å². The molecule has 0 atom stereocenters. The van der Waals surface area contributed by atoms with E-state index in [1.165, 1.54) is 11.3 Å². The number of nitrogens with zero attached hydrogens (tertiary/aromatic N) is 2. The summed E-state index contributed by atoms with van der Waals surface area (Å²) < 4.78 is 5.47. The predicted molar refractivity (Wildman–Crippen MR) is 80.4 cm³/mol. The zero-order chi connectivity index (χ0) is 16.2. The van der Waals surface area contributed by atoms with Gasteiger partial charge in [0.2, 0.25) is 17.7 Å². The summed E-state index contributed by atoms with van der Waals surface area (Å²) in [6.45, 7) is 3.19. The maximum absolute atomic E-state index is 11.7. The summed E-state index contributed by atoms with van der Waals surface area (Å²) in [4.78, 5) is 22.7. The fourth-order valence-electron chi connectivity index (χ4n) is 1.56. The van der Waals surface area contributed by atoms with E-state index >= 15 is 0 Å². The second-order valence-corrected chi connectivity index (χ2v) is 6.26. The van der Waals surface area contributed by atoms with Crippen LogP contribution in [0, 0.1) is 5.41 Å². The van der Waals surface area contributed by atoms with Gasteiger partial charge in [-0.15, -0.1) is 10.2 Å². The van der Waals surface area contributed by atoms with Crippen LogP contribution in [0.15, 0.2) is 21.2 Å². The Kier molecular flexibility index (Phi) is 4.92. The Hall–Kier alpha value is -2.22. The Bertz CT molecular complexity index is 649. The van der Waals surface area contributed by atoms with Crippen molar-refractivity contribution in [3.8, 4) is 11.5 Å². The van der Waals surface area contributed by atoms with Crippen molar-refractivity contribution in [2.75, 3.05) is 6.54 Å². The molecule has 2 heterocycles. The van der Waals surface area contributed by atoms with E-state index in [1.807, 2.05) is 16.8 Å². The van der Waals surface area contributed by atoms with Crippen molar-refractivity contribution in [2.24, 2.45) is 5.41 Å². The zero-order valence-electron chi connectivity index (χ0n) is 12.3. The third-order valence-corrected chi connectivity index (χ3v) is 3.79. The Balaban J connectivity index is 1.81. The summed E-state index contributed by atoms with van der Waals surface area (Å²) in [5, 5.41) is 23.2. The van der Waals surface area contributed by atoms with E-state index < -0.39 is 11.4 Å². The molecule has 2 rings (SSSR count). The van der Waals surface area contributed by atoms with Crippen LogP contribution in [0.4, 0.5) is 0 Å². The van der Waals surface area contributed by atoms with E-state index in [4.69, 9.17) is 9.52 Å². The molecule has 118 valence electrons. The Morgan fingerprint density at radius 2 is 2.18 bits per heavy atom. The van der Waals surface area contributed by atoms with Gasteiger partial charge in [-0.2, -0.15) is 11.3 Å². The van der Waals surface area contributed by atoms with Crippen LogP contribution < -0.4 is 5.32 Å². The van der Waals surface area contributed by atoms with Gasteiger partial charge < -0.3 is 14.8 Å². The molecule has 1 amide bonds. The van der Waals surface area contributed by atoms with Crippen molar-refractivity contribution in [1.29, 1.82) is 0 Å². The highest BCUT2D eigenvalue weighted by Crippen LogP contribution is 2.20. The molecule has 8 heteroatoms. The number of carbonyl (C=O) groups excluding carboxylic acids is 1. The van der Waals surface area contributed by atoms with Gasteiger partial charge in [0.1, 0.15) is 0 Å². The minimum Gasteiger partial charge on any atom is -0.481 e. The monoisotopic (exact) mass is 323 g/mol. The molecule has 0 fully saturated rings. The molecule has 2 N–H and O–H groups in total. The maximum Gasteiger partial charge on any atom is 0.310 e. The number of hydrogen-bond acceptors (Lipinski definition) is 6. The quantitative estimate of drug-likeness (QED) is 0.807. The Labute approximate surface area is 131 Å².